The molecule has 0 aromatic carbocycles. The molecule has 0 atom stereocenters. The molecule has 0 spiro atoms. The van der Waals surface area contributed by atoms with Gasteiger partial charge in [-0.1, -0.05) is 0 Å². The van der Waals surface area contributed by atoms with Crippen LogP contribution >= 0.6 is 11.8 Å². The molecule has 0 aliphatic heterocycles. The van der Waals surface area contributed by atoms with Crippen LogP contribution in [0.1, 0.15) is 23.2 Å². The maximum absolute atomic E-state index is 11.9. The highest BCUT2D eigenvalue weighted by atomic mass is 32.2. The SMILES string of the molecule is CNc1ccc(C(=O)NCC2(SC)CC2)cn1. The summed E-state index contributed by atoms with van der Waals surface area (Å²) in [5.74, 6) is 0.727. The topological polar surface area (TPSA) is 54.0 Å². The monoisotopic (exact) mass is 251 g/mol. The van der Waals surface area contributed by atoms with Crippen molar-refractivity contribution in [2.45, 2.75) is 17.6 Å². The van der Waals surface area contributed by atoms with Crippen LogP contribution in [0.15, 0.2) is 18.3 Å². The average molecular weight is 251 g/mol. The lowest BCUT2D eigenvalue weighted by Gasteiger charge is -2.12. The van der Waals surface area contributed by atoms with E-state index in [1.807, 2.05) is 11.8 Å². The molecule has 92 valence electrons. The van der Waals surface area contributed by atoms with Crippen molar-refractivity contribution in [3.63, 3.8) is 0 Å². The van der Waals surface area contributed by atoms with Crippen molar-refractivity contribution in [2.24, 2.45) is 0 Å². The molecule has 0 bridgehead atoms. The Hall–Kier alpha value is -1.23. The quantitative estimate of drug-likeness (QED) is 0.837. The normalized spacial score (nSPS) is 16.4. The van der Waals surface area contributed by atoms with Crippen molar-refractivity contribution in [3.05, 3.63) is 23.9 Å². The van der Waals surface area contributed by atoms with E-state index in [1.54, 1.807) is 25.4 Å². The van der Waals surface area contributed by atoms with Crippen LogP contribution in [-0.2, 0) is 0 Å². The lowest BCUT2D eigenvalue weighted by molar-refractivity contribution is 0.0952. The minimum atomic E-state index is -0.0412. The molecule has 0 unspecified atom stereocenters. The summed E-state index contributed by atoms with van der Waals surface area (Å²) in [6.45, 7) is 0.751. The summed E-state index contributed by atoms with van der Waals surface area (Å²) in [5.41, 5.74) is 0.612. The molecule has 1 aliphatic carbocycles. The number of nitrogens with zero attached hydrogens (tertiary/aromatic N) is 1. The third-order valence-electron chi connectivity index (χ3n) is 3.09. The van der Waals surface area contributed by atoms with Crippen LogP contribution in [0.4, 0.5) is 5.82 Å². The highest BCUT2D eigenvalue weighted by molar-refractivity contribution is 8.00. The Labute approximate surface area is 106 Å². The molecule has 1 heterocycles. The average Bonchev–Trinajstić information content (AvgIpc) is 3.17. The van der Waals surface area contributed by atoms with Crippen molar-refractivity contribution < 1.29 is 4.79 Å². The zero-order chi connectivity index (χ0) is 12.3. The molecule has 4 nitrogen and oxygen atoms in total. The summed E-state index contributed by atoms with van der Waals surface area (Å²) in [6, 6.07) is 3.59. The van der Waals surface area contributed by atoms with Crippen LogP contribution in [0.5, 0.6) is 0 Å². The number of aromatic nitrogens is 1. The first kappa shape index (κ1) is 12.2. The van der Waals surface area contributed by atoms with E-state index in [2.05, 4.69) is 21.9 Å². The highest BCUT2D eigenvalue weighted by Gasteiger charge is 2.41. The van der Waals surface area contributed by atoms with Gasteiger partial charge in [0.1, 0.15) is 5.82 Å². The molecule has 0 radical (unpaired) electrons. The number of carbonyl (C=O) groups excluding carboxylic acids is 1. The fourth-order valence-electron chi connectivity index (χ4n) is 1.61. The first-order valence-electron chi connectivity index (χ1n) is 5.66. The van der Waals surface area contributed by atoms with Gasteiger partial charge in [-0.25, -0.2) is 4.98 Å². The molecule has 0 saturated heterocycles. The largest absolute Gasteiger partial charge is 0.373 e. The Bertz CT molecular complexity index is 401. The summed E-state index contributed by atoms with van der Waals surface area (Å²) in [4.78, 5) is 16.0. The van der Waals surface area contributed by atoms with E-state index >= 15 is 0 Å². The van der Waals surface area contributed by atoms with Crippen LogP contribution in [0.2, 0.25) is 0 Å². The van der Waals surface area contributed by atoms with Crippen molar-refractivity contribution >= 4 is 23.5 Å². The van der Waals surface area contributed by atoms with Crippen LogP contribution < -0.4 is 10.6 Å². The first-order valence-corrected chi connectivity index (χ1v) is 6.89. The second kappa shape index (κ2) is 4.96. The minimum Gasteiger partial charge on any atom is -0.373 e. The fourth-order valence-corrected chi connectivity index (χ4v) is 2.34. The number of anilines is 1. The summed E-state index contributed by atoms with van der Waals surface area (Å²) < 4.78 is 0.300. The molecule has 1 aromatic heterocycles. The van der Waals surface area contributed by atoms with E-state index in [0.29, 0.717) is 10.3 Å². The number of nitrogens with one attached hydrogen (secondary N) is 2. The van der Waals surface area contributed by atoms with Gasteiger partial charge in [-0.3, -0.25) is 4.79 Å². The third-order valence-corrected chi connectivity index (χ3v) is 4.51. The molecule has 1 aliphatic rings. The maximum Gasteiger partial charge on any atom is 0.252 e. The number of hydrogen-bond donors (Lipinski definition) is 2. The van der Waals surface area contributed by atoms with Crippen molar-refractivity contribution in [3.8, 4) is 0 Å². The van der Waals surface area contributed by atoms with Gasteiger partial charge in [-0.05, 0) is 31.2 Å². The second-order valence-corrected chi connectivity index (χ2v) is 5.53. The lowest BCUT2D eigenvalue weighted by atomic mass is 10.2. The van der Waals surface area contributed by atoms with E-state index in [9.17, 15) is 4.79 Å². The van der Waals surface area contributed by atoms with E-state index in [4.69, 9.17) is 0 Å². The Morgan fingerprint density at radius 2 is 2.29 bits per heavy atom. The molecule has 5 heteroatoms. The van der Waals surface area contributed by atoms with Gasteiger partial charge in [0, 0.05) is 24.5 Å². The predicted molar refractivity (Wildman–Crippen MR) is 71.6 cm³/mol. The number of hydrogen-bond acceptors (Lipinski definition) is 4. The smallest absolute Gasteiger partial charge is 0.252 e. The van der Waals surface area contributed by atoms with Crippen molar-refractivity contribution in [1.29, 1.82) is 0 Å². The van der Waals surface area contributed by atoms with Crippen LogP contribution in [-0.4, -0.2) is 35.5 Å². The van der Waals surface area contributed by atoms with Gasteiger partial charge in [-0.2, -0.15) is 11.8 Å². The fraction of sp³-hybridized carbons (Fsp3) is 0.500. The number of pyridine rings is 1. The number of amides is 1. The van der Waals surface area contributed by atoms with Gasteiger partial charge in [-0.15, -0.1) is 0 Å². The Kier molecular flexibility index (Phi) is 3.57. The van der Waals surface area contributed by atoms with E-state index in [0.717, 1.165) is 12.4 Å². The summed E-state index contributed by atoms with van der Waals surface area (Å²) in [5, 5.41) is 5.89. The van der Waals surface area contributed by atoms with Gasteiger partial charge in [0.2, 0.25) is 0 Å². The number of carbonyl (C=O) groups is 1. The van der Waals surface area contributed by atoms with Gasteiger partial charge in [0.25, 0.3) is 5.91 Å². The maximum atomic E-state index is 11.9. The zero-order valence-corrected chi connectivity index (χ0v) is 10.9. The summed E-state index contributed by atoms with van der Waals surface area (Å²) in [6.07, 6.45) is 6.10. The molecule has 2 rings (SSSR count). The van der Waals surface area contributed by atoms with Gasteiger partial charge in [0.05, 0.1) is 5.56 Å². The Morgan fingerprint density at radius 3 is 2.76 bits per heavy atom. The molecule has 2 N–H and O–H groups in total. The molecule has 1 fully saturated rings. The Balaban J connectivity index is 1.90. The molecule has 1 amide bonds. The zero-order valence-electron chi connectivity index (χ0n) is 10.1. The summed E-state index contributed by atoms with van der Waals surface area (Å²) in [7, 11) is 1.80. The molecule has 1 saturated carbocycles. The van der Waals surface area contributed by atoms with Crippen molar-refractivity contribution in [2.75, 3.05) is 25.2 Å². The van der Waals surface area contributed by atoms with E-state index in [-0.39, 0.29) is 5.91 Å². The molecular weight excluding hydrogens is 234 g/mol. The second-order valence-electron chi connectivity index (χ2n) is 4.25. The molecule has 1 aromatic rings. The van der Waals surface area contributed by atoms with Crippen molar-refractivity contribution in [1.82, 2.24) is 10.3 Å². The molecule has 17 heavy (non-hydrogen) atoms. The standard InChI is InChI=1S/C12H17N3OS/c1-13-10-4-3-9(7-14-10)11(16)15-8-12(17-2)5-6-12/h3-4,7H,5-6,8H2,1-2H3,(H,13,14)(H,15,16). The van der Waals surface area contributed by atoms with Gasteiger partial charge < -0.3 is 10.6 Å². The van der Waals surface area contributed by atoms with Crippen LogP contribution in [0, 0.1) is 0 Å². The molecular formula is C12H17N3OS. The van der Waals surface area contributed by atoms with E-state index < -0.39 is 0 Å². The lowest BCUT2D eigenvalue weighted by Crippen LogP contribution is -2.31. The van der Waals surface area contributed by atoms with E-state index in [1.165, 1.54) is 12.8 Å². The summed E-state index contributed by atoms with van der Waals surface area (Å²) >= 11 is 1.84. The number of thioether (sulfide) groups is 1. The van der Waals surface area contributed by atoms with Crippen LogP contribution in [0.25, 0.3) is 0 Å². The highest BCUT2D eigenvalue weighted by Crippen LogP contribution is 2.46. The third kappa shape index (κ3) is 2.91. The van der Waals surface area contributed by atoms with Gasteiger partial charge >= 0.3 is 0 Å². The van der Waals surface area contributed by atoms with Gasteiger partial charge in [0.15, 0.2) is 0 Å². The number of rotatable bonds is 5. The first-order chi connectivity index (χ1) is 8.19. The minimum absolute atomic E-state index is 0.0412. The van der Waals surface area contributed by atoms with Crippen LogP contribution in [0.3, 0.4) is 0 Å². The Morgan fingerprint density at radius 1 is 1.53 bits per heavy atom. The predicted octanol–water partition coefficient (Wildman–Crippen LogP) is 1.75.